The van der Waals surface area contributed by atoms with Crippen molar-refractivity contribution in [1.29, 1.82) is 0 Å². The van der Waals surface area contributed by atoms with Gasteiger partial charge in [0.15, 0.2) is 0 Å². The van der Waals surface area contributed by atoms with Crippen molar-refractivity contribution >= 4 is 18.9 Å². The fourth-order valence-electron chi connectivity index (χ4n) is 2.94. The minimum Gasteiger partial charge on any atom is -0.382 e. The molecule has 1 saturated heterocycles. The lowest BCUT2D eigenvalue weighted by Gasteiger charge is -2.19. The third kappa shape index (κ3) is 3.39. The molecule has 3 rings (SSSR count). The smallest absolute Gasteiger partial charge is 0.382 e. The maximum atomic E-state index is 11.7. The number of hydrogen-bond acceptors (Lipinski definition) is 6. The van der Waals surface area contributed by atoms with Crippen LogP contribution in [0.5, 0.6) is 0 Å². The van der Waals surface area contributed by atoms with Gasteiger partial charge in [0.25, 0.3) is 0 Å². The van der Waals surface area contributed by atoms with Crippen molar-refractivity contribution in [1.82, 2.24) is 9.55 Å². The second-order valence-electron chi connectivity index (χ2n) is 5.71. The van der Waals surface area contributed by atoms with E-state index < -0.39 is 20.0 Å². The minimum atomic E-state index is -4.10. The first-order valence-electron chi connectivity index (χ1n) is 7.58. The second kappa shape index (κ2) is 6.92. The molecule has 1 aliphatic rings. The van der Waals surface area contributed by atoms with E-state index in [2.05, 4.69) is 9.51 Å². The number of ether oxygens (including phenoxy) is 2. The number of nitrogens with zero attached hydrogens (tertiary/aromatic N) is 2. The molecule has 1 unspecified atom stereocenters. The number of benzene rings is 1. The van der Waals surface area contributed by atoms with Gasteiger partial charge < -0.3 is 18.9 Å². The zero-order valence-corrected chi connectivity index (χ0v) is 14.7. The number of aryl methyl sites for hydroxylation is 1. The number of para-hydroxylation sites is 1. The second-order valence-corrected chi connectivity index (χ2v) is 7.22. The number of imidazole rings is 1. The molecule has 0 radical (unpaired) electrons. The lowest BCUT2D eigenvalue weighted by molar-refractivity contribution is -0.0519. The normalized spacial score (nSPS) is 26.8. The van der Waals surface area contributed by atoms with Crippen molar-refractivity contribution in [3.8, 4) is 0 Å². The molecule has 1 aromatic carbocycles. The summed E-state index contributed by atoms with van der Waals surface area (Å²) in [6.45, 7) is 2.24. The van der Waals surface area contributed by atoms with Crippen molar-refractivity contribution < 1.29 is 28.0 Å². The summed E-state index contributed by atoms with van der Waals surface area (Å²) in [4.78, 5) is 14.0. The fourth-order valence-corrected chi connectivity index (χ4v) is 3.59. The maximum Gasteiger partial charge on any atom is 0.472 e. The van der Waals surface area contributed by atoms with Crippen LogP contribution in [0.2, 0.25) is 0 Å². The van der Waals surface area contributed by atoms with E-state index in [1.165, 1.54) is 0 Å². The first-order chi connectivity index (χ1) is 11.4. The Morgan fingerprint density at radius 3 is 2.96 bits per heavy atom. The van der Waals surface area contributed by atoms with E-state index in [9.17, 15) is 9.46 Å². The average Bonchev–Trinajstić information content (AvgIpc) is 3.13. The summed E-state index contributed by atoms with van der Waals surface area (Å²) in [7, 11) is -1.43. The highest BCUT2D eigenvalue weighted by Gasteiger charge is 2.41. The standard InChI is InChI=1S/C15H21N2O6P/c1-10-5-4-6-11-15(10)16-9-17(11)14-7-12(13(22-14)8-20-2)23-24(18,19)21-3/h4-6,9,12-14H,7-8H2,1-3H3,(H,18,19)/t12-,13+,14+/m0/s1. The van der Waals surface area contributed by atoms with Crippen LogP contribution < -0.4 is 0 Å². The molecule has 0 bridgehead atoms. The number of fused-ring (bicyclic) bond motifs is 1. The van der Waals surface area contributed by atoms with Gasteiger partial charge in [0.1, 0.15) is 18.4 Å². The Morgan fingerprint density at radius 1 is 1.46 bits per heavy atom. The maximum absolute atomic E-state index is 11.7. The fraction of sp³-hybridized carbons (Fsp3) is 0.533. The minimum absolute atomic E-state index is 0.247. The van der Waals surface area contributed by atoms with E-state index >= 15 is 0 Å². The van der Waals surface area contributed by atoms with Gasteiger partial charge in [-0.3, -0.25) is 9.05 Å². The summed E-state index contributed by atoms with van der Waals surface area (Å²) in [6.07, 6.45) is 0.648. The van der Waals surface area contributed by atoms with Crippen LogP contribution in [0.4, 0.5) is 0 Å². The van der Waals surface area contributed by atoms with Crippen molar-refractivity contribution in [2.45, 2.75) is 31.8 Å². The highest BCUT2D eigenvalue weighted by Crippen LogP contribution is 2.47. The average molecular weight is 356 g/mol. The van der Waals surface area contributed by atoms with Crippen LogP contribution in [0.3, 0.4) is 0 Å². The molecule has 8 nitrogen and oxygen atoms in total. The van der Waals surface area contributed by atoms with Gasteiger partial charge in [0, 0.05) is 20.6 Å². The zero-order valence-electron chi connectivity index (χ0n) is 13.8. The molecule has 0 amide bonds. The molecule has 2 heterocycles. The summed E-state index contributed by atoms with van der Waals surface area (Å²) in [5.41, 5.74) is 2.92. The van der Waals surface area contributed by atoms with E-state index in [0.29, 0.717) is 6.42 Å². The van der Waals surface area contributed by atoms with Crippen molar-refractivity contribution in [2.75, 3.05) is 20.8 Å². The van der Waals surface area contributed by atoms with Crippen LogP contribution in [-0.4, -0.2) is 47.5 Å². The van der Waals surface area contributed by atoms with Crippen molar-refractivity contribution in [2.24, 2.45) is 0 Å². The molecule has 0 spiro atoms. The molecule has 2 aromatic rings. The quantitative estimate of drug-likeness (QED) is 0.795. The first-order valence-corrected chi connectivity index (χ1v) is 9.08. The van der Waals surface area contributed by atoms with Gasteiger partial charge in [0.05, 0.1) is 24.0 Å². The first kappa shape index (κ1) is 17.5. The Balaban J connectivity index is 1.86. The topological polar surface area (TPSA) is 92.0 Å². The van der Waals surface area contributed by atoms with Gasteiger partial charge in [-0.2, -0.15) is 0 Å². The van der Waals surface area contributed by atoms with Crippen LogP contribution >= 0.6 is 7.82 Å². The Hall–Kier alpha value is -1.28. The summed E-state index contributed by atoms with van der Waals surface area (Å²) in [6, 6.07) is 5.91. The van der Waals surface area contributed by atoms with E-state index in [1.54, 1.807) is 13.4 Å². The van der Waals surface area contributed by atoms with Crippen LogP contribution in [-0.2, 0) is 23.1 Å². The molecule has 1 aromatic heterocycles. The van der Waals surface area contributed by atoms with E-state index in [-0.39, 0.29) is 12.8 Å². The highest BCUT2D eigenvalue weighted by molar-refractivity contribution is 7.47. The van der Waals surface area contributed by atoms with E-state index in [1.807, 2.05) is 29.7 Å². The number of rotatable bonds is 6. The lowest BCUT2D eigenvalue weighted by atomic mass is 10.2. The molecule has 0 aliphatic carbocycles. The third-order valence-corrected chi connectivity index (χ3v) is 5.13. The van der Waals surface area contributed by atoms with E-state index in [4.69, 9.17) is 14.0 Å². The molecule has 0 saturated carbocycles. The van der Waals surface area contributed by atoms with Gasteiger partial charge in [-0.05, 0) is 18.6 Å². The lowest BCUT2D eigenvalue weighted by Crippen LogP contribution is -2.28. The van der Waals surface area contributed by atoms with Gasteiger partial charge >= 0.3 is 7.82 Å². The molecule has 1 fully saturated rings. The molecule has 132 valence electrons. The predicted octanol–water partition coefficient (Wildman–Crippen LogP) is 2.41. The summed E-state index contributed by atoms with van der Waals surface area (Å²) < 4.78 is 34.5. The molecule has 1 aliphatic heterocycles. The summed E-state index contributed by atoms with van der Waals surface area (Å²) >= 11 is 0. The largest absolute Gasteiger partial charge is 0.472 e. The molecule has 1 N–H and O–H groups in total. The van der Waals surface area contributed by atoms with Crippen LogP contribution in [0, 0.1) is 6.92 Å². The monoisotopic (exact) mass is 356 g/mol. The third-order valence-electron chi connectivity index (χ3n) is 4.13. The Labute approximate surface area is 139 Å². The van der Waals surface area contributed by atoms with Gasteiger partial charge in [0.2, 0.25) is 0 Å². The predicted molar refractivity (Wildman–Crippen MR) is 86.6 cm³/mol. The molecular weight excluding hydrogens is 335 g/mol. The molecule has 4 atom stereocenters. The summed E-state index contributed by atoms with van der Waals surface area (Å²) in [5, 5.41) is 0. The number of aromatic nitrogens is 2. The van der Waals surface area contributed by atoms with Gasteiger partial charge in [-0.25, -0.2) is 9.55 Å². The van der Waals surface area contributed by atoms with E-state index in [0.717, 1.165) is 23.7 Å². The van der Waals surface area contributed by atoms with Gasteiger partial charge in [-0.15, -0.1) is 0 Å². The Kier molecular flexibility index (Phi) is 5.05. The molecule has 9 heteroatoms. The van der Waals surface area contributed by atoms with Crippen LogP contribution in [0.15, 0.2) is 24.5 Å². The number of phosphoric acid groups is 1. The number of methoxy groups -OCH3 is 1. The SMILES string of the molecule is COC[C@H]1O[C@@H](n2cnc3c(C)cccc32)C[C@@H]1OP(=O)(O)OC. The molecular formula is C15H21N2O6P. The van der Waals surface area contributed by atoms with Gasteiger partial charge in [-0.1, -0.05) is 12.1 Å². The van der Waals surface area contributed by atoms with Crippen molar-refractivity contribution in [3.05, 3.63) is 30.1 Å². The van der Waals surface area contributed by atoms with Crippen molar-refractivity contribution in [3.63, 3.8) is 0 Å². The highest BCUT2D eigenvalue weighted by atomic mass is 31.2. The number of hydrogen-bond donors (Lipinski definition) is 1. The molecule has 24 heavy (non-hydrogen) atoms. The number of phosphoric ester groups is 1. The van der Waals surface area contributed by atoms with Crippen LogP contribution in [0.25, 0.3) is 11.0 Å². The zero-order chi connectivity index (χ0) is 17.3. The summed E-state index contributed by atoms with van der Waals surface area (Å²) in [5.74, 6) is 0. The Bertz CT molecular complexity index is 764. The Morgan fingerprint density at radius 2 is 2.25 bits per heavy atom. The van der Waals surface area contributed by atoms with Crippen LogP contribution in [0.1, 0.15) is 18.2 Å².